The van der Waals surface area contributed by atoms with E-state index < -0.39 is 9.84 Å². The molecule has 1 saturated carbocycles. The second-order valence-corrected chi connectivity index (χ2v) is 7.96. The van der Waals surface area contributed by atoms with Gasteiger partial charge < -0.3 is 0 Å². The van der Waals surface area contributed by atoms with Crippen LogP contribution in [0.1, 0.15) is 31.2 Å². The lowest BCUT2D eigenvalue weighted by molar-refractivity contribution is 0.394. The molecule has 0 radical (unpaired) electrons. The Hall–Kier alpha value is -0.350. The molecule has 0 heterocycles. The minimum Gasteiger partial charge on any atom is -0.224 e. The number of rotatable bonds is 4. The molecule has 1 aromatic rings. The van der Waals surface area contributed by atoms with E-state index in [9.17, 15) is 8.42 Å². The van der Waals surface area contributed by atoms with Gasteiger partial charge in [-0.3, -0.25) is 0 Å². The predicted octanol–water partition coefficient (Wildman–Crippen LogP) is 3.72. The fraction of sp³-hybridized carbons (Fsp3) is 0.571. The molecule has 0 aliphatic heterocycles. The number of aryl methyl sites for hydroxylation is 1. The van der Waals surface area contributed by atoms with E-state index in [1.54, 1.807) is 12.1 Å². The minimum atomic E-state index is -3.16. The maximum absolute atomic E-state index is 12.4. The van der Waals surface area contributed by atoms with Crippen molar-refractivity contribution in [2.45, 2.75) is 37.5 Å². The molecule has 1 fully saturated rings. The van der Waals surface area contributed by atoms with Crippen molar-refractivity contribution in [3.63, 3.8) is 0 Å². The molecule has 1 aliphatic carbocycles. The Morgan fingerprint density at radius 1 is 1.17 bits per heavy atom. The van der Waals surface area contributed by atoms with Crippen molar-refractivity contribution in [3.05, 3.63) is 29.8 Å². The third kappa shape index (κ3) is 2.97. The molecule has 4 heteroatoms. The van der Waals surface area contributed by atoms with Crippen molar-refractivity contribution >= 4 is 25.8 Å². The monoisotopic (exact) mass is 330 g/mol. The molecule has 0 bridgehead atoms. The van der Waals surface area contributed by atoms with Crippen molar-refractivity contribution in [1.82, 2.24) is 0 Å². The second kappa shape index (κ2) is 5.33. The van der Waals surface area contributed by atoms with Gasteiger partial charge in [0, 0.05) is 5.33 Å². The van der Waals surface area contributed by atoms with Crippen LogP contribution < -0.4 is 0 Å². The van der Waals surface area contributed by atoms with Crippen LogP contribution in [0.2, 0.25) is 0 Å². The average Bonchev–Trinajstić information content (AvgIpc) is 2.78. The second-order valence-electron chi connectivity index (χ2n) is 5.41. The highest BCUT2D eigenvalue weighted by molar-refractivity contribution is 9.09. The first-order valence-electron chi connectivity index (χ1n) is 6.33. The predicted molar refractivity (Wildman–Crippen MR) is 77.9 cm³/mol. The molecule has 2 rings (SSSR count). The van der Waals surface area contributed by atoms with Crippen LogP contribution >= 0.6 is 15.9 Å². The van der Waals surface area contributed by atoms with E-state index >= 15 is 0 Å². The summed E-state index contributed by atoms with van der Waals surface area (Å²) in [5.74, 6) is 0.272. The summed E-state index contributed by atoms with van der Waals surface area (Å²) in [5.41, 5.74) is 1.04. The maximum atomic E-state index is 12.4. The summed E-state index contributed by atoms with van der Waals surface area (Å²) in [6.07, 6.45) is 4.33. The van der Waals surface area contributed by atoms with Gasteiger partial charge in [-0.05, 0) is 37.3 Å². The van der Waals surface area contributed by atoms with Gasteiger partial charge in [0.05, 0.1) is 10.6 Å². The first-order chi connectivity index (χ1) is 8.47. The van der Waals surface area contributed by atoms with E-state index in [1.165, 1.54) is 0 Å². The molecule has 0 aromatic heterocycles. The molecular weight excluding hydrogens is 312 g/mol. The van der Waals surface area contributed by atoms with Gasteiger partial charge in [0.1, 0.15) is 0 Å². The zero-order valence-electron chi connectivity index (χ0n) is 10.7. The summed E-state index contributed by atoms with van der Waals surface area (Å²) in [4.78, 5) is 0.459. The van der Waals surface area contributed by atoms with Gasteiger partial charge in [0.2, 0.25) is 0 Å². The lowest BCUT2D eigenvalue weighted by Gasteiger charge is -2.26. The Morgan fingerprint density at radius 2 is 1.72 bits per heavy atom. The number of benzene rings is 1. The van der Waals surface area contributed by atoms with Crippen LogP contribution in [0.15, 0.2) is 29.2 Å². The fourth-order valence-corrected chi connectivity index (χ4v) is 5.61. The van der Waals surface area contributed by atoms with Crippen LogP contribution in [-0.4, -0.2) is 19.5 Å². The van der Waals surface area contributed by atoms with Crippen molar-refractivity contribution in [3.8, 4) is 0 Å². The van der Waals surface area contributed by atoms with E-state index in [2.05, 4.69) is 15.9 Å². The molecular formula is C14H19BrO2S. The van der Waals surface area contributed by atoms with Gasteiger partial charge in [0.25, 0.3) is 0 Å². The van der Waals surface area contributed by atoms with Gasteiger partial charge in [-0.15, -0.1) is 0 Å². The molecule has 0 spiro atoms. The standard InChI is InChI=1S/C14H19BrO2S/c1-12-4-6-13(7-5-12)18(16,17)11-14(10-15)8-2-3-9-14/h4-7H,2-3,8-11H2,1H3. The summed E-state index contributed by atoms with van der Waals surface area (Å²) < 4.78 is 24.9. The van der Waals surface area contributed by atoms with Gasteiger partial charge in [-0.2, -0.15) is 0 Å². The van der Waals surface area contributed by atoms with Crippen molar-refractivity contribution in [2.75, 3.05) is 11.1 Å². The van der Waals surface area contributed by atoms with E-state index in [1.807, 2.05) is 19.1 Å². The smallest absolute Gasteiger partial charge is 0.178 e. The van der Waals surface area contributed by atoms with E-state index in [0.29, 0.717) is 4.90 Å². The van der Waals surface area contributed by atoms with Crippen LogP contribution in [0.4, 0.5) is 0 Å². The highest BCUT2D eigenvalue weighted by atomic mass is 79.9. The summed E-state index contributed by atoms with van der Waals surface area (Å²) in [7, 11) is -3.16. The SMILES string of the molecule is Cc1ccc(S(=O)(=O)CC2(CBr)CCCC2)cc1. The summed E-state index contributed by atoms with van der Waals surface area (Å²) in [5, 5.41) is 0.783. The number of alkyl halides is 1. The van der Waals surface area contributed by atoms with Crippen LogP contribution in [0, 0.1) is 12.3 Å². The zero-order chi connectivity index (χ0) is 13.2. The van der Waals surface area contributed by atoms with Gasteiger partial charge in [-0.1, -0.05) is 46.5 Å². The normalized spacial score (nSPS) is 19.0. The summed E-state index contributed by atoms with van der Waals surface area (Å²) in [6, 6.07) is 7.17. The third-order valence-electron chi connectivity index (χ3n) is 3.82. The highest BCUT2D eigenvalue weighted by Crippen LogP contribution is 2.41. The zero-order valence-corrected chi connectivity index (χ0v) is 13.1. The average molecular weight is 331 g/mol. The Balaban J connectivity index is 2.24. The molecule has 0 amide bonds. The molecule has 0 N–H and O–H groups in total. The lowest BCUT2D eigenvalue weighted by Crippen LogP contribution is -2.29. The molecule has 0 saturated heterocycles. The molecule has 2 nitrogen and oxygen atoms in total. The summed E-state index contributed by atoms with van der Waals surface area (Å²) >= 11 is 3.51. The van der Waals surface area contributed by atoms with Crippen molar-refractivity contribution in [1.29, 1.82) is 0 Å². The first kappa shape index (κ1) is 14.1. The third-order valence-corrected chi connectivity index (χ3v) is 7.00. The number of hydrogen-bond donors (Lipinski definition) is 0. The van der Waals surface area contributed by atoms with E-state index in [-0.39, 0.29) is 11.2 Å². The van der Waals surface area contributed by atoms with Crippen LogP contribution in [-0.2, 0) is 9.84 Å². The minimum absolute atomic E-state index is 0.0519. The highest BCUT2D eigenvalue weighted by Gasteiger charge is 2.37. The Bertz CT molecular complexity index is 499. The molecule has 0 atom stereocenters. The quantitative estimate of drug-likeness (QED) is 0.788. The lowest BCUT2D eigenvalue weighted by atomic mass is 9.92. The molecule has 1 aromatic carbocycles. The Kier molecular flexibility index (Phi) is 4.17. The first-order valence-corrected chi connectivity index (χ1v) is 9.10. The summed E-state index contributed by atoms with van der Waals surface area (Å²) in [6.45, 7) is 1.97. The number of hydrogen-bond acceptors (Lipinski definition) is 2. The van der Waals surface area contributed by atoms with Gasteiger partial charge in [-0.25, -0.2) is 8.42 Å². The molecule has 100 valence electrons. The maximum Gasteiger partial charge on any atom is 0.178 e. The molecule has 0 unspecified atom stereocenters. The Morgan fingerprint density at radius 3 is 2.22 bits per heavy atom. The van der Waals surface area contributed by atoms with Crippen LogP contribution in [0.5, 0.6) is 0 Å². The van der Waals surface area contributed by atoms with Gasteiger partial charge >= 0.3 is 0 Å². The van der Waals surface area contributed by atoms with Gasteiger partial charge in [0.15, 0.2) is 9.84 Å². The van der Waals surface area contributed by atoms with Crippen LogP contribution in [0.3, 0.4) is 0 Å². The number of halogens is 1. The fourth-order valence-electron chi connectivity index (χ4n) is 2.67. The van der Waals surface area contributed by atoms with E-state index in [0.717, 1.165) is 36.6 Å². The van der Waals surface area contributed by atoms with E-state index in [4.69, 9.17) is 0 Å². The Labute approximate surface area is 118 Å². The molecule has 1 aliphatic rings. The van der Waals surface area contributed by atoms with Crippen molar-refractivity contribution < 1.29 is 8.42 Å². The topological polar surface area (TPSA) is 34.1 Å². The van der Waals surface area contributed by atoms with Crippen molar-refractivity contribution in [2.24, 2.45) is 5.41 Å². The molecule has 18 heavy (non-hydrogen) atoms. The van der Waals surface area contributed by atoms with Crippen LogP contribution in [0.25, 0.3) is 0 Å². The number of sulfone groups is 1. The largest absolute Gasteiger partial charge is 0.224 e.